The van der Waals surface area contributed by atoms with Crippen molar-refractivity contribution in [1.29, 1.82) is 5.26 Å². The molecule has 2 aromatic rings. The maximum Gasteiger partial charge on any atom is 0.225 e. The van der Waals surface area contributed by atoms with Gasteiger partial charge in [0.2, 0.25) is 5.91 Å². The zero-order valence-electron chi connectivity index (χ0n) is 13.0. The van der Waals surface area contributed by atoms with Gasteiger partial charge in [-0.3, -0.25) is 4.79 Å². The third-order valence-electron chi connectivity index (χ3n) is 3.83. The summed E-state index contributed by atoms with van der Waals surface area (Å²) in [6.07, 6.45) is 3.48. The number of thioether (sulfide) groups is 1. The zero-order chi connectivity index (χ0) is 16.9. The lowest BCUT2D eigenvalue weighted by molar-refractivity contribution is -0.115. The van der Waals surface area contributed by atoms with Gasteiger partial charge in [0, 0.05) is 28.0 Å². The van der Waals surface area contributed by atoms with Gasteiger partial charge in [-0.05, 0) is 55.2 Å². The number of nitrogens with zero attached hydrogens (tertiary/aromatic N) is 2. The van der Waals surface area contributed by atoms with Gasteiger partial charge in [0.05, 0.1) is 5.56 Å². The molecule has 122 valence electrons. The molecule has 1 N–H and O–H groups in total. The number of nitrogens with one attached hydrogen (secondary N) is 1. The number of nitriles is 1. The number of amides is 1. The second kappa shape index (κ2) is 7.82. The summed E-state index contributed by atoms with van der Waals surface area (Å²) in [4.78, 5) is 16.6. The van der Waals surface area contributed by atoms with E-state index in [9.17, 15) is 10.1 Å². The standard InChI is InChI=1S/C18H16BrN3OS/c19-14-4-6-15(7-5-14)21-17(23)8-9-24-18-13(11-20)10-12-2-1-3-16(12)22-18/h4-7,10H,1-3,8-9H2,(H,21,23). The van der Waals surface area contributed by atoms with E-state index in [1.54, 1.807) is 0 Å². The number of fused-ring (bicyclic) bond motifs is 1. The van der Waals surface area contributed by atoms with E-state index in [1.165, 1.54) is 17.3 Å². The quantitative estimate of drug-likeness (QED) is 0.757. The summed E-state index contributed by atoms with van der Waals surface area (Å²) in [6.45, 7) is 0. The highest BCUT2D eigenvalue weighted by Crippen LogP contribution is 2.28. The van der Waals surface area contributed by atoms with E-state index in [0.717, 1.165) is 40.1 Å². The lowest BCUT2D eigenvalue weighted by Gasteiger charge is -2.07. The van der Waals surface area contributed by atoms with Gasteiger partial charge >= 0.3 is 0 Å². The van der Waals surface area contributed by atoms with Crippen molar-refractivity contribution >= 4 is 39.3 Å². The topological polar surface area (TPSA) is 65.8 Å². The molecule has 6 heteroatoms. The molecule has 1 aromatic heterocycles. The van der Waals surface area contributed by atoms with Crippen molar-refractivity contribution in [1.82, 2.24) is 4.98 Å². The van der Waals surface area contributed by atoms with E-state index in [4.69, 9.17) is 0 Å². The predicted octanol–water partition coefficient (Wildman–Crippen LogP) is 4.33. The van der Waals surface area contributed by atoms with E-state index in [0.29, 0.717) is 17.7 Å². The van der Waals surface area contributed by atoms with Crippen molar-refractivity contribution in [2.75, 3.05) is 11.1 Å². The van der Waals surface area contributed by atoms with Crippen molar-refractivity contribution in [2.24, 2.45) is 0 Å². The summed E-state index contributed by atoms with van der Waals surface area (Å²) in [5.74, 6) is 0.563. The lowest BCUT2D eigenvalue weighted by atomic mass is 10.2. The van der Waals surface area contributed by atoms with E-state index < -0.39 is 0 Å². The Morgan fingerprint density at radius 2 is 2.12 bits per heavy atom. The molecule has 0 saturated heterocycles. The van der Waals surface area contributed by atoms with Gasteiger partial charge in [-0.2, -0.15) is 5.26 Å². The molecule has 1 amide bonds. The van der Waals surface area contributed by atoms with E-state index >= 15 is 0 Å². The molecule has 0 fully saturated rings. The Labute approximate surface area is 153 Å². The second-order valence-electron chi connectivity index (χ2n) is 5.57. The molecule has 0 atom stereocenters. The molecule has 4 nitrogen and oxygen atoms in total. The van der Waals surface area contributed by atoms with Crippen molar-refractivity contribution in [3.63, 3.8) is 0 Å². The van der Waals surface area contributed by atoms with Crippen molar-refractivity contribution < 1.29 is 4.79 Å². The molecule has 0 bridgehead atoms. The Balaban J connectivity index is 1.55. The Morgan fingerprint density at radius 3 is 2.88 bits per heavy atom. The number of halogens is 1. The van der Waals surface area contributed by atoms with Crippen LogP contribution < -0.4 is 5.32 Å². The van der Waals surface area contributed by atoms with Crippen molar-refractivity contribution in [2.45, 2.75) is 30.7 Å². The van der Waals surface area contributed by atoms with Crippen LogP contribution in [0.3, 0.4) is 0 Å². The summed E-state index contributed by atoms with van der Waals surface area (Å²) in [5, 5.41) is 12.9. The number of hydrogen-bond acceptors (Lipinski definition) is 4. The minimum atomic E-state index is -0.0375. The number of aromatic nitrogens is 1. The molecule has 1 aromatic carbocycles. The number of carbonyl (C=O) groups excluding carboxylic acids is 1. The third kappa shape index (κ3) is 4.16. The number of carbonyl (C=O) groups is 1. The first-order chi connectivity index (χ1) is 11.7. The summed E-state index contributed by atoms with van der Waals surface area (Å²) >= 11 is 4.84. The lowest BCUT2D eigenvalue weighted by Crippen LogP contribution is -2.12. The Bertz CT molecular complexity index is 799. The van der Waals surface area contributed by atoms with E-state index in [1.807, 2.05) is 30.3 Å². The van der Waals surface area contributed by atoms with Crippen LogP contribution in [-0.2, 0) is 17.6 Å². The van der Waals surface area contributed by atoms with Crippen LogP contribution in [0.15, 0.2) is 39.8 Å². The first-order valence-corrected chi connectivity index (χ1v) is 9.54. The molecule has 0 spiro atoms. The van der Waals surface area contributed by atoms with Crippen LogP contribution in [0.1, 0.15) is 29.7 Å². The van der Waals surface area contributed by atoms with Gasteiger partial charge in [0.1, 0.15) is 11.1 Å². The molecule has 0 aliphatic heterocycles. The highest BCUT2D eigenvalue weighted by atomic mass is 79.9. The molecule has 0 saturated carbocycles. The summed E-state index contributed by atoms with van der Waals surface area (Å²) in [7, 11) is 0. The van der Waals surface area contributed by atoms with Crippen molar-refractivity contribution in [3.8, 4) is 6.07 Å². The Kier molecular flexibility index (Phi) is 5.54. The first kappa shape index (κ1) is 17.0. The van der Waals surface area contributed by atoms with Crippen LogP contribution in [0, 0.1) is 11.3 Å². The molecule has 1 heterocycles. The average molecular weight is 402 g/mol. The predicted molar refractivity (Wildman–Crippen MR) is 99.1 cm³/mol. The molecule has 1 aliphatic rings. The SMILES string of the molecule is N#Cc1cc2c(nc1SCCC(=O)Nc1ccc(Br)cc1)CCC2. The fraction of sp³-hybridized carbons (Fsp3) is 0.278. The number of hydrogen-bond donors (Lipinski definition) is 1. The van der Waals surface area contributed by atoms with Crippen molar-refractivity contribution in [3.05, 3.63) is 51.6 Å². The molecule has 0 unspecified atom stereocenters. The molecule has 3 rings (SSSR count). The summed E-state index contributed by atoms with van der Waals surface area (Å²) < 4.78 is 0.975. The first-order valence-electron chi connectivity index (χ1n) is 7.77. The molecular formula is C18H16BrN3OS. The third-order valence-corrected chi connectivity index (χ3v) is 5.35. The number of pyridine rings is 1. The molecule has 1 aliphatic carbocycles. The second-order valence-corrected chi connectivity index (χ2v) is 7.57. The average Bonchev–Trinajstić information content (AvgIpc) is 3.03. The van der Waals surface area contributed by atoms with Gasteiger partial charge in [0.25, 0.3) is 0 Å². The smallest absolute Gasteiger partial charge is 0.225 e. The Hall–Kier alpha value is -1.84. The maximum absolute atomic E-state index is 12.0. The minimum Gasteiger partial charge on any atom is -0.326 e. The van der Waals surface area contributed by atoms with E-state index in [-0.39, 0.29) is 5.91 Å². The van der Waals surface area contributed by atoms with Gasteiger partial charge in [-0.1, -0.05) is 15.9 Å². The van der Waals surface area contributed by atoms with Crippen LogP contribution in [0.5, 0.6) is 0 Å². The van der Waals surface area contributed by atoms with Crippen LogP contribution in [0.2, 0.25) is 0 Å². The van der Waals surface area contributed by atoms with Gasteiger partial charge in [-0.15, -0.1) is 11.8 Å². The van der Waals surface area contributed by atoms with E-state index in [2.05, 4.69) is 32.3 Å². The maximum atomic E-state index is 12.0. The van der Waals surface area contributed by atoms with Crippen LogP contribution >= 0.6 is 27.7 Å². The zero-order valence-corrected chi connectivity index (χ0v) is 15.4. The monoisotopic (exact) mass is 401 g/mol. The molecular weight excluding hydrogens is 386 g/mol. The van der Waals surface area contributed by atoms with Gasteiger partial charge < -0.3 is 5.32 Å². The summed E-state index contributed by atoms with van der Waals surface area (Å²) in [5.41, 5.74) is 3.70. The van der Waals surface area contributed by atoms with Crippen LogP contribution in [0.25, 0.3) is 0 Å². The van der Waals surface area contributed by atoms with Gasteiger partial charge in [-0.25, -0.2) is 4.98 Å². The fourth-order valence-electron chi connectivity index (χ4n) is 2.64. The Morgan fingerprint density at radius 1 is 1.33 bits per heavy atom. The molecule has 24 heavy (non-hydrogen) atoms. The normalized spacial score (nSPS) is 12.5. The number of aryl methyl sites for hydroxylation is 2. The largest absolute Gasteiger partial charge is 0.326 e. The van der Waals surface area contributed by atoms with Crippen LogP contribution in [-0.4, -0.2) is 16.6 Å². The molecule has 0 radical (unpaired) electrons. The highest BCUT2D eigenvalue weighted by Gasteiger charge is 2.16. The fourth-order valence-corrected chi connectivity index (χ4v) is 3.82. The number of anilines is 1. The van der Waals surface area contributed by atoms with Crippen LogP contribution in [0.4, 0.5) is 5.69 Å². The number of rotatable bonds is 5. The summed E-state index contributed by atoms with van der Waals surface area (Å²) in [6, 6.07) is 11.7. The minimum absolute atomic E-state index is 0.0375. The highest BCUT2D eigenvalue weighted by molar-refractivity contribution is 9.10. The van der Waals surface area contributed by atoms with Gasteiger partial charge in [0.15, 0.2) is 0 Å². The number of benzene rings is 1.